The van der Waals surface area contributed by atoms with Gasteiger partial charge in [0.15, 0.2) is 0 Å². The lowest BCUT2D eigenvalue weighted by atomic mass is 10.1. The highest BCUT2D eigenvalue weighted by molar-refractivity contribution is 8.00. The number of nitrogens with zero attached hydrogens (tertiary/aromatic N) is 3. The van der Waals surface area contributed by atoms with Crippen molar-refractivity contribution in [2.45, 2.75) is 37.0 Å². The van der Waals surface area contributed by atoms with Gasteiger partial charge in [0.05, 0.1) is 16.5 Å². The minimum absolute atomic E-state index is 0.0622. The first kappa shape index (κ1) is 22.6. The third-order valence-electron chi connectivity index (χ3n) is 5.09. The van der Waals surface area contributed by atoms with E-state index in [2.05, 4.69) is 24.9 Å². The summed E-state index contributed by atoms with van der Waals surface area (Å²) >= 11 is 1.19. The van der Waals surface area contributed by atoms with Crippen molar-refractivity contribution in [1.29, 1.82) is 5.26 Å². The van der Waals surface area contributed by atoms with Crippen molar-refractivity contribution in [1.82, 2.24) is 4.98 Å². The average Bonchev–Trinajstić information content (AvgIpc) is 3.08. The molecule has 0 saturated carbocycles. The molecule has 1 unspecified atom stereocenters. The molecule has 2 amide bonds. The summed E-state index contributed by atoms with van der Waals surface area (Å²) in [6.45, 7) is 4.19. The van der Waals surface area contributed by atoms with Crippen LogP contribution in [0.2, 0.25) is 0 Å². The molecule has 1 saturated heterocycles. The lowest BCUT2D eigenvalue weighted by Crippen LogP contribution is -2.31. The number of nitriles is 1. The first-order valence-electron chi connectivity index (χ1n) is 10.7. The summed E-state index contributed by atoms with van der Waals surface area (Å²) in [5.41, 5.74) is 1.78. The van der Waals surface area contributed by atoms with E-state index in [1.54, 1.807) is 30.3 Å². The number of carbonyl (C=O) groups excluding carboxylic acids is 2. The van der Waals surface area contributed by atoms with E-state index < -0.39 is 5.25 Å². The Bertz CT molecular complexity index is 1200. The highest BCUT2D eigenvalue weighted by atomic mass is 32.2. The Morgan fingerprint density at radius 3 is 2.42 bits per heavy atom. The molecule has 166 valence electrons. The fourth-order valence-electron chi connectivity index (χ4n) is 3.58. The normalized spacial score (nSPS) is 15.7. The Morgan fingerprint density at radius 2 is 1.76 bits per heavy atom. The lowest BCUT2D eigenvalue weighted by molar-refractivity contribution is -0.121. The first-order valence-corrected chi connectivity index (χ1v) is 11.6. The van der Waals surface area contributed by atoms with Crippen LogP contribution in [0.3, 0.4) is 0 Å². The fourth-order valence-corrected chi connectivity index (χ4v) is 4.69. The van der Waals surface area contributed by atoms with Crippen molar-refractivity contribution in [3.8, 4) is 17.6 Å². The standard InChI is InChI=1S/C26H23N3O3S/c1-17(2)14-19-9-8-18(16-27)25(28-19)33-23-15-24(30)29(26(23)31)20-10-12-22(13-11-20)32-21-6-4-3-5-7-21/h3-13,17,23H,14-15H2,1-2H3. The number of rotatable bonds is 7. The van der Waals surface area contributed by atoms with Crippen molar-refractivity contribution in [2.75, 3.05) is 4.90 Å². The van der Waals surface area contributed by atoms with Crippen molar-refractivity contribution < 1.29 is 14.3 Å². The van der Waals surface area contributed by atoms with Gasteiger partial charge in [-0.2, -0.15) is 5.26 Å². The van der Waals surface area contributed by atoms with Gasteiger partial charge >= 0.3 is 0 Å². The van der Waals surface area contributed by atoms with E-state index in [0.29, 0.717) is 33.7 Å². The second-order valence-corrected chi connectivity index (χ2v) is 9.34. The summed E-state index contributed by atoms with van der Waals surface area (Å²) in [6.07, 6.45) is 0.840. The molecule has 7 heteroatoms. The summed E-state index contributed by atoms with van der Waals surface area (Å²) in [7, 11) is 0. The number of amides is 2. The molecule has 33 heavy (non-hydrogen) atoms. The minimum Gasteiger partial charge on any atom is -0.457 e. The monoisotopic (exact) mass is 457 g/mol. The van der Waals surface area contributed by atoms with E-state index >= 15 is 0 Å². The van der Waals surface area contributed by atoms with Crippen LogP contribution in [0, 0.1) is 17.2 Å². The maximum atomic E-state index is 13.1. The molecule has 2 heterocycles. The number of anilines is 1. The van der Waals surface area contributed by atoms with Crippen molar-refractivity contribution in [3.05, 3.63) is 78.0 Å². The quantitative estimate of drug-likeness (QED) is 0.444. The SMILES string of the molecule is CC(C)Cc1ccc(C#N)c(SC2CC(=O)N(c3ccc(Oc4ccccc4)cc3)C2=O)n1. The van der Waals surface area contributed by atoms with Gasteiger partial charge in [0.25, 0.3) is 0 Å². The van der Waals surface area contributed by atoms with E-state index in [-0.39, 0.29) is 18.2 Å². The number of hydrogen-bond donors (Lipinski definition) is 0. The maximum absolute atomic E-state index is 13.1. The third kappa shape index (κ3) is 5.24. The second-order valence-electron chi connectivity index (χ2n) is 8.15. The van der Waals surface area contributed by atoms with Gasteiger partial charge in [0, 0.05) is 12.1 Å². The van der Waals surface area contributed by atoms with Gasteiger partial charge in [-0.25, -0.2) is 9.88 Å². The molecule has 0 radical (unpaired) electrons. The predicted octanol–water partition coefficient (Wildman–Crippen LogP) is 5.37. The molecule has 0 bridgehead atoms. The molecular weight excluding hydrogens is 434 g/mol. The molecule has 0 spiro atoms. The van der Waals surface area contributed by atoms with Crippen LogP contribution in [-0.4, -0.2) is 22.0 Å². The number of thioether (sulfide) groups is 1. The highest BCUT2D eigenvalue weighted by Crippen LogP contribution is 2.35. The molecule has 6 nitrogen and oxygen atoms in total. The number of aromatic nitrogens is 1. The number of imide groups is 1. The molecule has 2 aromatic carbocycles. The summed E-state index contributed by atoms with van der Waals surface area (Å²) in [5.74, 6) is 1.16. The van der Waals surface area contributed by atoms with Gasteiger partial charge in [-0.1, -0.05) is 43.8 Å². The topological polar surface area (TPSA) is 83.3 Å². The Hall–Kier alpha value is -3.63. The summed E-state index contributed by atoms with van der Waals surface area (Å²) in [4.78, 5) is 31.6. The average molecular weight is 458 g/mol. The smallest absolute Gasteiger partial charge is 0.247 e. The van der Waals surface area contributed by atoms with E-state index in [9.17, 15) is 14.9 Å². The van der Waals surface area contributed by atoms with E-state index in [1.807, 2.05) is 36.4 Å². The Morgan fingerprint density at radius 1 is 1.06 bits per heavy atom. The third-order valence-corrected chi connectivity index (χ3v) is 6.28. The van der Waals surface area contributed by atoms with Gasteiger partial charge in [-0.3, -0.25) is 9.59 Å². The largest absolute Gasteiger partial charge is 0.457 e. The van der Waals surface area contributed by atoms with Crippen molar-refractivity contribution >= 4 is 29.3 Å². The molecular formula is C26H23N3O3S. The lowest BCUT2D eigenvalue weighted by Gasteiger charge is -2.16. The van der Waals surface area contributed by atoms with Crippen LogP contribution in [0.4, 0.5) is 5.69 Å². The van der Waals surface area contributed by atoms with E-state index in [4.69, 9.17) is 4.74 Å². The summed E-state index contributed by atoms with van der Waals surface area (Å²) in [6, 6.07) is 21.9. The molecule has 1 aromatic heterocycles. The zero-order chi connectivity index (χ0) is 23.4. The fraction of sp³-hybridized carbons (Fsp3) is 0.231. The number of pyridine rings is 1. The molecule has 1 aliphatic rings. The van der Waals surface area contributed by atoms with Crippen LogP contribution in [0.5, 0.6) is 11.5 Å². The summed E-state index contributed by atoms with van der Waals surface area (Å²) < 4.78 is 5.78. The van der Waals surface area contributed by atoms with Crippen LogP contribution >= 0.6 is 11.8 Å². The predicted molar refractivity (Wildman–Crippen MR) is 127 cm³/mol. The zero-order valence-electron chi connectivity index (χ0n) is 18.4. The van der Waals surface area contributed by atoms with Gasteiger partial charge < -0.3 is 4.74 Å². The van der Waals surface area contributed by atoms with Crippen LogP contribution in [0.25, 0.3) is 0 Å². The van der Waals surface area contributed by atoms with E-state index in [1.165, 1.54) is 16.7 Å². The number of ether oxygens (including phenoxy) is 1. The number of benzene rings is 2. The Labute approximate surface area is 197 Å². The minimum atomic E-state index is -0.619. The van der Waals surface area contributed by atoms with Crippen LogP contribution < -0.4 is 9.64 Å². The number of hydrogen-bond acceptors (Lipinski definition) is 6. The molecule has 4 rings (SSSR count). The molecule has 1 fully saturated rings. The molecule has 3 aromatic rings. The number of carbonyl (C=O) groups is 2. The van der Waals surface area contributed by atoms with Crippen LogP contribution in [-0.2, 0) is 16.0 Å². The first-order chi connectivity index (χ1) is 15.9. The second kappa shape index (κ2) is 9.88. The maximum Gasteiger partial charge on any atom is 0.247 e. The van der Waals surface area contributed by atoms with Gasteiger partial charge in [-0.15, -0.1) is 0 Å². The molecule has 1 atom stereocenters. The van der Waals surface area contributed by atoms with E-state index in [0.717, 1.165) is 12.1 Å². The van der Waals surface area contributed by atoms with Gasteiger partial charge in [-0.05, 0) is 60.9 Å². The van der Waals surface area contributed by atoms with Gasteiger partial charge in [0.2, 0.25) is 11.8 Å². The zero-order valence-corrected chi connectivity index (χ0v) is 19.2. The van der Waals surface area contributed by atoms with Crippen LogP contribution in [0.15, 0.2) is 71.8 Å². The Kier molecular flexibility index (Phi) is 6.76. The van der Waals surface area contributed by atoms with Crippen molar-refractivity contribution in [2.24, 2.45) is 5.92 Å². The number of para-hydroxylation sites is 1. The summed E-state index contributed by atoms with van der Waals surface area (Å²) in [5, 5.41) is 9.34. The molecule has 1 aliphatic heterocycles. The van der Waals surface area contributed by atoms with Crippen LogP contribution in [0.1, 0.15) is 31.5 Å². The van der Waals surface area contributed by atoms with Gasteiger partial charge in [0.1, 0.15) is 22.6 Å². The molecule has 0 aliphatic carbocycles. The highest BCUT2D eigenvalue weighted by Gasteiger charge is 2.40. The van der Waals surface area contributed by atoms with Crippen molar-refractivity contribution in [3.63, 3.8) is 0 Å². The Balaban J connectivity index is 1.50. The molecule has 0 N–H and O–H groups in total.